The van der Waals surface area contributed by atoms with Crippen LogP contribution in [0.4, 0.5) is 0 Å². The maximum Gasteiger partial charge on any atom is 0.213 e. The third-order valence-corrected chi connectivity index (χ3v) is 5.04. The maximum absolute atomic E-state index is 5.74. The van der Waals surface area contributed by atoms with Crippen LogP contribution in [0.1, 0.15) is 36.8 Å². The van der Waals surface area contributed by atoms with Gasteiger partial charge in [-0.3, -0.25) is 4.99 Å². The molecule has 1 atom stereocenters. The summed E-state index contributed by atoms with van der Waals surface area (Å²) < 4.78 is 5.74. The molecule has 0 bridgehead atoms. The van der Waals surface area contributed by atoms with Gasteiger partial charge in [0.1, 0.15) is 0 Å². The fraction of sp³-hybridized carbons (Fsp3) is 0.474. The molecule has 2 aromatic heterocycles. The molecule has 0 amide bonds. The summed E-state index contributed by atoms with van der Waals surface area (Å²) in [6, 6.07) is 6.17. The molecule has 2 aromatic rings. The number of hydrogen-bond acceptors (Lipinski definition) is 4. The largest absolute Gasteiger partial charge is 0.477 e. The lowest BCUT2D eigenvalue weighted by Crippen LogP contribution is -2.38. The van der Waals surface area contributed by atoms with Gasteiger partial charge in [0.15, 0.2) is 5.96 Å². The van der Waals surface area contributed by atoms with Gasteiger partial charge in [-0.1, -0.05) is 6.92 Å². The minimum atomic E-state index is 0.452. The molecule has 1 unspecified atom stereocenters. The second kappa shape index (κ2) is 8.85. The van der Waals surface area contributed by atoms with Crippen LogP contribution in [0.15, 0.2) is 40.1 Å². The van der Waals surface area contributed by atoms with Gasteiger partial charge in [0.05, 0.1) is 6.61 Å². The fourth-order valence-corrected chi connectivity index (χ4v) is 3.24. The Morgan fingerprint density at radius 1 is 1.40 bits per heavy atom. The molecule has 0 saturated heterocycles. The van der Waals surface area contributed by atoms with Crippen molar-refractivity contribution in [3.8, 4) is 5.88 Å². The standard InChI is InChI=1S/C19H26N4OS/c1-14(17-6-8-25-13-17)10-22-19(20-2)23-11-16-5-7-21-18(9-16)24-12-15-3-4-15/h5-9,13-15H,3-4,10-12H2,1-2H3,(H2,20,22,23). The van der Waals surface area contributed by atoms with Crippen molar-refractivity contribution in [1.82, 2.24) is 15.6 Å². The molecule has 25 heavy (non-hydrogen) atoms. The van der Waals surface area contributed by atoms with Gasteiger partial charge in [0, 0.05) is 32.4 Å². The first-order valence-corrected chi connectivity index (χ1v) is 9.73. The van der Waals surface area contributed by atoms with Crippen LogP contribution in [0.2, 0.25) is 0 Å². The zero-order valence-corrected chi connectivity index (χ0v) is 15.7. The molecule has 1 aliphatic carbocycles. The van der Waals surface area contributed by atoms with Crippen LogP contribution in [0.5, 0.6) is 5.88 Å². The SMILES string of the molecule is CN=C(NCc1ccnc(OCC2CC2)c1)NCC(C)c1ccsc1. The highest BCUT2D eigenvalue weighted by Gasteiger charge is 2.22. The Morgan fingerprint density at radius 3 is 3.00 bits per heavy atom. The Kier molecular flexibility index (Phi) is 6.28. The Balaban J connectivity index is 1.44. The number of aliphatic imine (C=N–C) groups is 1. The second-order valence-electron chi connectivity index (χ2n) is 6.52. The third-order valence-electron chi connectivity index (χ3n) is 4.33. The summed E-state index contributed by atoms with van der Waals surface area (Å²) >= 11 is 1.73. The van der Waals surface area contributed by atoms with Crippen LogP contribution >= 0.6 is 11.3 Å². The van der Waals surface area contributed by atoms with Gasteiger partial charge in [-0.25, -0.2) is 4.98 Å². The van der Waals surface area contributed by atoms with E-state index in [4.69, 9.17) is 4.74 Å². The first-order valence-electron chi connectivity index (χ1n) is 8.79. The number of guanidine groups is 1. The minimum absolute atomic E-state index is 0.452. The number of nitrogens with one attached hydrogen (secondary N) is 2. The topological polar surface area (TPSA) is 58.5 Å². The smallest absolute Gasteiger partial charge is 0.213 e. The van der Waals surface area contributed by atoms with E-state index in [1.807, 2.05) is 12.1 Å². The Hall–Kier alpha value is -2.08. The zero-order chi connectivity index (χ0) is 17.5. The normalized spacial score (nSPS) is 15.7. The van der Waals surface area contributed by atoms with Crippen molar-refractivity contribution < 1.29 is 4.74 Å². The van der Waals surface area contributed by atoms with E-state index in [0.29, 0.717) is 18.3 Å². The van der Waals surface area contributed by atoms with Gasteiger partial charge in [-0.15, -0.1) is 0 Å². The van der Waals surface area contributed by atoms with E-state index >= 15 is 0 Å². The number of nitrogens with zero attached hydrogens (tertiary/aromatic N) is 2. The van der Waals surface area contributed by atoms with E-state index in [-0.39, 0.29) is 0 Å². The molecular formula is C19H26N4OS. The van der Waals surface area contributed by atoms with Gasteiger partial charge in [0.2, 0.25) is 5.88 Å². The van der Waals surface area contributed by atoms with Crippen LogP contribution in [-0.2, 0) is 6.54 Å². The van der Waals surface area contributed by atoms with Crippen molar-refractivity contribution in [2.75, 3.05) is 20.2 Å². The van der Waals surface area contributed by atoms with E-state index in [1.54, 1.807) is 24.6 Å². The molecule has 0 spiro atoms. The van der Waals surface area contributed by atoms with Crippen molar-refractivity contribution in [2.45, 2.75) is 32.2 Å². The summed E-state index contributed by atoms with van der Waals surface area (Å²) in [5.74, 6) is 2.70. The van der Waals surface area contributed by atoms with E-state index < -0.39 is 0 Å². The monoisotopic (exact) mass is 358 g/mol. The highest BCUT2D eigenvalue weighted by atomic mass is 32.1. The van der Waals surface area contributed by atoms with Crippen molar-refractivity contribution in [2.24, 2.45) is 10.9 Å². The van der Waals surface area contributed by atoms with E-state index in [9.17, 15) is 0 Å². The molecule has 1 saturated carbocycles. The van der Waals surface area contributed by atoms with Gasteiger partial charge >= 0.3 is 0 Å². The number of rotatable bonds is 8. The highest BCUT2D eigenvalue weighted by molar-refractivity contribution is 7.07. The molecule has 0 aromatic carbocycles. The third kappa shape index (κ3) is 5.74. The predicted octanol–water partition coefficient (Wildman–Crippen LogP) is 3.40. The highest BCUT2D eigenvalue weighted by Crippen LogP contribution is 2.29. The van der Waals surface area contributed by atoms with Gasteiger partial charge in [-0.05, 0) is 58.7 Å². The zero-order valence-electron chi connectivity index (χ0n) is 14.9. The number of aromatic nitrogens is 1. The lowest BCUT2D eigenvalue weighted by Gasteiger charge is -2.15. The van der Waals surface area contributed by atoms with Crippen LogP contribution in [0.25, 0.3) is 0 Å². The van der Waals surface area contributed by atoms with Crippen molar-refractivity contribution >= 4 is 17.3 Å². The average molecular weight is 359 g/mol. The Bertz CT molecular complexity index is 682. The van der Waals surface area contributed by atoms with Crippen molar-refractivity contribution in [3.63, 3.8) is 0 Å². The maximum atomic E-state index is 5.74. The molecule has 2 N–H and O–H groups in total. The van der Waals surface area contributed by atoms with Gasteiger partial charge in [-0.2, -0.15) is 11.3 Å². The number of hydrogen-bond donors (Lipinski definition) is 2. The van der Waals surface area contributed by atoms with E-state index in [2.05, 4.69) is 44.4 Å². The first-order chi connectivity index (χ1) is 12.2. The summed E-state index contributed by atoms with van der Waals surface area (Å²) in [5.41, 5.74) is 2.49. The van der Waals surface area contributed by atoms with Gasteiger partial charge < -0.3 is 15.4 Å². The van der Waals surface area contributed by atoms with Crippen LogP contribution in [0.3, 0.4) is 0 Å². The molecule has 0 aliphatic heterocycles. The second-order valence-corrected chi connectivity index (χ2v) is 7.30. The Labute approximate surface area is 153 Å². The average Bonchev–Trinajstić information content (AvgIpc) is 3.31. The summed E-state index contributed by atoms with van der Waals surface area (Å²) in [5, 5.41) is 11.0. The number of thiophene rings is 1. The van der Waals surface area contributed by atoms with E-state index in [1.165, 1.54) is 18.4 Å². The summed E-state index contributed by atoms with van der Waals surface area (Å²) in [7, 11) is 1.79. The molecule has 134 valence electrons. The lowest BCUT2D eigenvalue weighted by atomic mass is 10.1. The molecule has 0 radical (unpaired) electrons. The molecule has 2 heterocycles. The number of pyridine rings is 1. The molecule has 1 aliphatic rings. The molecule has 6 heteroatoms. The molecule has 3 rings (SSSR count). The predicted molar refractivity (Wildman–Crippen MR) is 103 cm³/mol. The molecule has 1 fully saturated rings. The van der Waals surface area contributed by atoms with Crippen LogP contribution in [-0.4, -0.2) is 31.1 Å². The van der Waals surface area contributed by atoms with Gasteiger partial charge in [0.25, 0.3) is 0 Å². The lowest BCUT2D eigenvalue weighted by molar-refractivity contribution is 0.288. The summed E-state index contributed by atoms with van der Waals surface area (Å²) in [6.45, 7) is 4.54. The van der Waals surface area contributed by atoms with Crippen LogP contribution < -0.4 is 15.4 Å². The van der Waals surface area contributed by atoms with Crippen molar-refractivity contribution in [3.05, 3.63) is 46.3 Å². The Morgan fingerprint density at radius 2 is 2.28 bits per heavy atom. The van der Waals surface area contributed by atoms with E-state index in [0.717, 1.165) is 30.6 Å². The molecule has 5 nitrogen and oxygen atoms in total. The van der Waals surface area contributed by atoms with Crippen LogP contribution in [0, 0.1) is 5.92 Å². The van der Waals surface area contributed by atoms with Crippen molar-refractivity contribution in [1.29, 1.82) is 0 Å². The quantitative estimate of drug-likeness (QED) is 0.561. The summed E-state index contributed by atoms with van der Waals surface area (Å²) in [6.07, 6.45) is 4.37. The first kappa shape index (κ1) is 17.7. The fourth-order valence-electron chi connectivity index (χ4n) is 2.46. The number of ether oxygens (including phenoxy) is 1. The summed E-state index contributed by atoms with van der Waals surface area (Å²) in [4.78, 5) is 8.58. The molecular weight excluding hydrogens is 332 g/mol. The minimum Gasteiger partial charge on any atom is -0.477 e.